The highest BCUT2D eigenvalue weighted by molar-refractivity contribution is 9.10. The average molecular weight is 342 g/mol. The third-order valence-corrected chi connectivity index (χ3v) is 4.62. The number of fused-ring (bicyclic) bond motifs is 1. The summed E-state index contributed by atoms with van der Waals surface area (Å²) >= 11 is 9.73. The number of alkyl halides is 1. The molecule has 0 saturated heterocycles. The third-order valence-electron chi connectivity index (χ3n) is 3.29. The molecule has 19 heavy (non-hydrogen) atoms. The van der Waals surface area contributed by atoms with E-state index in [1.807, 2.05) is 24.3 Å². The minimum absolute atomic E-state index is 0.298. The minimum atomic E-state index is -0.379. The summed E-state index contributed by atoms with van der Waals surface area (Å²) in [4.78, 5) is 0. The van der Waals surface area contributed by atoms with Crippen LogP contribution in [0.3, 0.4) is 0 Å². The highest BCUT2D eigenvalue weighted by Crippen LogP contribution is 2.36. The molecule has 0 bridgehead atoms. The second-order valence-electron chi connectivity index (χ2n) is 4.53. The second kappa shape index (κ2) is 5.23. The summed E-state index contributed by atoms with van der Waals surface area (Å²) in [6, 6.07) is 10.9. The van der Waals surface area contributed by atoms with Crippen LogP contribution in [0.2, 0.25) is 0 Å². The number of rotatable bonds is 2. The van der Waals surface area contributed by atoms with Crippen molar-refractivity contribution in [3.8, 4) is 0 Å². The number of benzene rings is 2. The molecule has 0 radical (unpaired) electrons. The Morgan fingerprint density at radius 3 is 2.79 bits per heavy atom. The van der Waals surface area contributed by atoms with Gasteiger partial charge in [-0.1, -0.05) is 30.3 Å². The Labute approximate surface area is 124 Å². The maximum atomic E-state index is 13.5. The molecule has 2 aromatic carbocycles. The van der Waals surface area contributed by atoms with Crippen LogP contribution >= 0.6 is 27.5 Å². The van der Waals surface area contributed by atoms with E-state index in [4.69, 9.17) is 16.3 Å². The highest BCUT2D eigenvalue weighted by atomic mass is 79.9. The van der Waals surface area contributed by atoms with Crippen LogP contribution in [-0.4, -0.2) is 0 Å². The lowest BCUT2D eigenvalue weighted by molar-refractivity contribution is 0.134. The minimum Gasteiger partial charge on any atom is -0.372 e. The van der Waals surface area contributed by atoms with E-state index in [0.717, 1.165) is 16.7 Å². The van der Waals surface area contributed by atoms with Crippen LogP contribution in [0.1, 0.15) is 27.6 Å². The Morgan fingerprint density at radius 1 is 1.16 bits per heavy atom. The van der Waals surface area contributed by atoms with Gasteiger partial charge in [0.15, 0.2) is 0 Å². The van der Waals surface area contributed by atoms with Gasteiger partial charge in [0.2, 0.25) is 0 Å². The lowest BCUT2D eigenvalue weighted by atomic mass is 10.00. The summed E-state index contributed by atoms with van der Waals surface area (Å²) in [5, 5.41) is -0.379. The van der Waals surface area contributed by atoms with E-state index in [1.165, 1.54) is 11.6 Å². The van der Waals surface area contributed by atoms with Crippen LogP contribution in [0.15, 0.2) is 40.9 Å². The average Bonchev–Trinajstić information content (AvgIpc) is 2.88. The fourth-order valence-electron chi connectivity index (χ4n) is 2.25. The van der Waals surface area contributed by atoms with Crippen molar-refractivity contribution < 1.29 is 9.13 Å². The second-order valence-corrected chi connectivity index (χ2v) is 5.76. The topological polar surface area (TPSA) is 9.23 Å². The van der Waals surface area contributed by atoms with Crippen molar-refractivity contribution in [2.24, 2.45) is 0 Å². The summed E-state index contributed by atoms with van der Waals surface area (Å²) in [7, 11) is 0. The summed E-state index contributed by atoms with van der Waals surface area (Å²) in [5.74, 6) is -0.298. The van der Waals surface area contributed by atoms with Crippen molar-refractivity contribution in [3.05, 3.63) is 68.9 Å². The third kappa shape index (κ3) is 2.42. The van der Waals surface area contributed by atoms with E-state index in [2.05, 4.69) is 15.9 Å². The Bertz CT molecular complexity index is 630. The van der Waals surface area contributed by atoms with Gasteiger partial charge in [-0.05, 0) is 44.3 Å². The zero-order valence-electron chi connectivity index (χ0n) is 10.00. The van der Waals surface area contributed by atoms with E-state index in [1.54, 1.807) is 6.07 Å². The Morgan fingerprint density at radius 2 is 1.95 bits per heavy atom. The molecule has 1 nitrogen and oxygen atoms in total. The van der Waals surface area contributed by atoms with Crippen molar-refractivity contribution in [3.63, 3.8) is 0 Å². The number of hydrogen-bond acceptors (Lipinski definition) is 1. The molecule has 1 unspecified atom stereocenters. The van der Waals surface area contributed by atoms with Gasteiger partial charge in [0.05, 0.1) is 23.1 Å². The first-order valence-electron chi connectivity index (χ1n) is 5.94. The molecule has 3 rings (SSSR count). The molecule has 1 aliphatic heterocycles. The number of ether oxygens (including phenoxy) is 1. The molecule has 1 aliphatic rings. The lowest BCUT2D eigenvalue weighted by Crippen LogP contribution is -1.97. The van der Waals surface area contributed by atoms with Crippen LogP contribution in [0, 0.1) is 5.82 Å². The van der Waals surface area contributed by atoms with Gasteiger partial charge in [0.25, 0.3) is 0 Å². The first-order chi connectivity index (χ1) is 9.16. The number of hydrogen-bond donors (Lipinski definition) is 0. The standard InChI is InChI=1S/C15H11BrClFO/c16-14-12(2-1-3-13(14)18)15(17)9-4-5-10-7-19-8-11(10)6-9/h1-6,15H,7-8H2. The van der Waals surface area contributed by atoms with Gasteiger partial charge in [-0.15, -0.1) is 11.6 Å². The monoisotopic (exact) mass is 340 g/mol. The molecular weight excluding hydrogens is 331 g/mol. The number of halogens is 3. The van der Waals surface area contributed by atoms with E-state index < -0.39 is 0 Å². The maximum absolute atomic E-state index is 13.5. The quantitative estimate of drug-likeness (QED) is 0.703. The molecule has 98 valence electrons. The highest BCUT2D eigenvalue weighted by Gasteiger charge is 2.19. The zero-order valence-corrected chi connectivity index (χ0v) is 12.3. The molecule has 1 atom stereocenters. The van der Waals surface area contributed by atoms with Gasteiger partial charge in [-0.25, -0.2) is 4.39 Å². The molecule has 0 spiro atoms. The summed E-state index contributed by atoms with van der Waals surface area (Å²) in [6.07, 6.45) is 0. The molecule has 4 heteroatoms. The zero-order chi connectivity index (χ0) is 13.4. The molecule has 0 aromatic heterocycles. The Kier molecular flexibility index (Phi) is 3.61. The largest absolute Gasteiger partial charge is 0.372 e. The van der Waals surface area contributed by atoms with Crippen molar-refractivity contribution in [1.82, 2.24) is 0 Å². The van der Waals surface area contributed by atoms with E-state index in [-0.39, 0.29) is 11.2 Å². The summed E-state index contributed by atoms with van der Waals surface area (Å²) in [6.45, 7) is 1.28. The van der Waals surface area contributed by atoms with Crippen molar-refractivity contribution >= 4 is 27.5 Å². The van der Waals surface area contributed by atoms with Gasteiger partial charge < -0.3 is 4.74 Å². The first-order valence-corrected chi connectivity index (χ1v) is 7.17. The van der Waals surface area contributed by atoms with Gasteiger partial charge >= 0.3 is 0 Å². The maximum Gasteiger partial charge on any atom is 0.137 e. The Balaban J connectivity index is 2.00. The SMILES string of the molecule is Fc1cccc(C(Cl)c2ccc3c(c2)COC3)c1Br. The van der Waals surface area contributed by atoms with Gasteiger partial charge in [0, 0.05) is 0 Å². The van der Waals surface area contributed by atoms with E-state index in [0.29, 0.717) is 17.7 Å². The normalized spacial score (nSPS) is 15.3. The van der Waals surface area contributed by atoms with Crippen molar-refractivity contribution in [1.29, 1.82) is 0 Å². The van der Waals surface area contributed by atoms with Crippen molar-refractivity contribution in [2.75, 3.05) is 0 Å². The van der Waals surface area contributed by atoms with Crippen LogP contribution in [0.4, 0.5) is 4.39 Å². The smallest absolute Gasteiger partial charge is 0.137 e. The molecule has 0 fully saturated rings. The predicted molar refractivity (Wildman–Crippen MR) is 76.7 cm³/mol. The predicted octanol–water partition coefficient (Wildman–Crippen LogP) is 4.95. The van der Waals surface area contributed by atoms with E-state index in [9.17, 15) is 4.39 Å². The van der Waals surface area contributed by atoms with Gasteiger partial charge in [-0.3, -0.25) is 0 Å². The van der Waals surface area contributed by atoms with Crippen LogP contribution < -0.4 is 0 Å². The van der Waals surface area contributed by atoms with Crippen LogP contribution in [-0.2, 0) is 18.0 Å². The van der Waals surface area contributed by atoms with Gasteiger partial charge in [0.1, 0.15) is 5.82 Å². The Hall–Kier alpha value is -0.900. The molecule has 0 amide bonds. The molecule has 0 aliphatic carbocycles. The molecule has 1 heterocycles. The van der Waals surface area contributed by atoms with E-state index >= 15 is 0 Å². The van der Waals surface area contributed by atoms with Gasteiger partial charge in [-0.2, -0.15) is 0 Å². The molecule has 2 aromatic rings. The summed E-state index contributed by atoms with van der Waals surface area (Å²) < 4.78 is 19.4. The van der Waals surface area contributed by atoms with Crippen molar-refractivity contribution in [2.45, 2.75) is 18.6 Å². The van der Waals surface area contributed by atoms with Crippen LogP contribution in [0.5, 0.6) is 0 Å². The summed E-state index contributed by atoms with van der Waals surface area (Å²) in [5.41, 5.74) is 4.05. The lowest BCUT2D eigenvalue weighted by Gasteiger charge is -2.13. The molecule has 0 saturated carbocycles. The molecular formula is C15H11BrClFO. The fraction of sp³-hybridized carbons (Fsp3) is 0.200. The fourth-order valence-corrected chi connectivity index (χ4v) is 3.19. The molecule has 0 N–H and O–H groups in total. The first kappa shape index (κ1) is 13.1. The van der Waals surface area contributed by atoms with Crippen LogP contribution in [0.25, 0.3) is 0 Å².